The summed E-state index contributed by atoms with van der Waals surface area (Å²) in [5, 5.41) is 15.1. The molecule has 0 aromatic carbocycles. The molecule has 1 heterocycles. The van der Waals surface area contributed by atoms with Gasteiger partial charge in [0.15, 0.2) is 0 Å². The standard InChI is InChI=1S/C13H25N3O3/c1-13(2,3)11(12(18)19)15-10(17)9-16-7-4-5-14-6-8-16/h11,14H,4-9H2,1-3H3,(H,15,17)(H,18,19)/t11-/m1/s1. The van der Waals surface area contributed by atoms with Crippen LogP contribution in [0.2, 0.25) is 0 Å². The third-order valence-corrected chi connectivity index (χ3v) is 3.22. The van der Waals surface area contributed by atoms with Gasteiger partial charge in [0, 0.05) is 13.1 Å². The van der Waals surface area contributed by atoms with Gasteiger partial charge in [0.25, 0.3) is 0 Å². The largest absolute Gasteiger partial charge is 0.480 e. The maximum absolute atomic E-state index is 11.9. The van der Waals surface area contributed by atoms with Crippen molar-refractivity contribution in [2.24, 2.45) is 5.41 Å². The van der Waals surface area contributed by atoms with Crippen LogP contribution in [0, 0.1) is 5.41 Å². The Bertz CT molecular complexity index is 318. The maximum Gasteiger partial charge on any atom is 0.326 e. The molecule has 6 nitrogen and oxygen atoms in total. The minimum Gasteiger partial charge on any atom is -0.480 e. The number of nitrogens with zero attached hydrogens (tertiary/aromatic N) is 1. The predicted octanol–water partition coefficient (Wildman–Crippen LogP) is -0.103. The van der Waals surface area contributed by atoms with Gasteiger partial charge in [0.1, 0.15) is 6.04 Å². The van der Waals surface area contributed by atoms with E-state index in [-0.39, 0.29) is 12.5 Å². The number of carbonyl (C=O) groups is 2. The molecule has 0 aromatic heterocycles. The molecule has 110 valence electrons. The van der Waals surface area contributed by atoms with Crippen molar-refractivity contribution < 1.29 is 14.7 Å². The Labute approximate surface area is 114 Å². The van der Waals surface area contributed by atoms with E-state index in [0.717, 1.165) is 32.6 Å². The summed E-state index contributed by atoms with van der Waals surface area (Å²) >= 11 is 0. The van der Waals surface area contributed by atoms with Crippen molar-refractivity contribution in [3.8, 4) is 0 Å². The summed E-state index contributed by atoms with van der Waals surface area (Å²) in [4.78, 5) is 25.2. The second-order valence-electron chi connectivity index (χ2n) is 6.08. The van der Waals surface area contributed by atoms with E-state index in [0.29, 0.717) is 0 Å². The number of amides is 1. The highest BCUT2D eigenvalue weighted by Crippen LogP contribution is 2.19. The van der Waals surface area contributed by atoms with Gasteiger partial charge in [-0.1, -0.05) is 20.8 Å². The van der Waals surface area contributed by atoms with Crippen molar-refractivity contribution in [2.75, 3.05) is 32.7 Å². The Morgan fingerprint density at radius 1 is 1.32 bits per heavy atom. The van der Waals surface area contributed by atoms with Gasteiger partial charge in [0.05, 0.1) is 6.54 Å². The lowest BCUT2D eigenvalue weighted by atomic mass is 9.87. The summed E-state index contributed by atoms with van der Waals surface area (Å²) < 4.78 is 0. The molecule has 0 aromatic rings. The molecule has 0 bridgehead atoms. The molecule has 1 saturated heterocycles. The third-order valence-electron chi connectivity index (χ3n) is 3.22. The van der Waals surface area contributed by atoms with E-state index in [1.54, 1.807) is 0 Å². The molecule has 1 rings (SSSR count). The predicted molar refractivity (Wildman–Crippen MR) is 72.9 cm³/mol. The van der Waals surface area contributed by atoms with Gasteiger partial charge < -0.3 is 15.7 Å². The topological polar surface area (TPSA) is 81.7 Å². The number of hydrogen-bond donors (Lipinski definition) is 3. The first-order valence-corrected chi connectivity index (χ1v) is 6.76. The van der Waals surface area contributed by atoms with Crippen molar-refractivity contribution in [3.05, 3.63) is 0 Å². The van der Waals surface area contributed by atoms with Crippen LogP contribution in [0.5, 0.6) is 0 Å². The lowest BCUT2D eigenvalue weighted by molar-refractivity contribution is -0.145. The Kier molecular flexibility index (Phi) is 5.75. The lowest BCUT2D eigenvalue weighted by Gasteiger charge is -2.29. The summed E-state index contributed by atoms with van der Waals surface area (Å²) in [5.74, 6) is -1.21. The normalized spacial score (nSPS) is 19.5. The minimum absolute atomic E-state index is 0.218. The zero-order valence-electron chi connectivity index (χ0n) is 12.0. The number of carbonyl (C=O) groups excluding carboxylic acids is 1. The van der Waals surface area contributed by atoms with Crippen LogP contribution in [0.4, 0.5) is 0 Å². The number of nitrogens with one attached hydrogen (secondary N) is 2. The zero-order chi connectivity index (χ0) is 14.5. The van der Waals surface area contributed by atoms with Crippen LogP contribution < -0.4 is 10.6 Å². The summed E-state index contributed by atoms with van der Waals surface area (Å²) in [5.41, 5.74) is -0.498. The summed E-state index contributed by atoms with van der Waals surface area (Å²) in [7, 11) is 0. The highest BCUT2D eigenvalue weighted by Gasteiger charge is 2.32. The van der Waals surface area contributed by atoms with Crippen molar-refractivity contribution in [1.29, 1.82) is 0 Å². The first kappa shape index (κ1) is 15.9. The molecule has 1 aliphatic heterocycles. The second-order valence-corrected chi connectivity index (χ2v) is 6.08. The maximum atomic E-state index is 11.9. The zero-order valence-corrected chi connectivity index (χ0v) is 12.0. The fourth-order valence-electron chi connectivity index (χ4n) is 2.12. The van der Waals surface area contributed by atoms with Gasteiger partial charge in [0.2, 0.25) is 5.91 Å². The Hall–Kier alpha value is -1.14. The van der Waals surface area contributed by atoms with Gasteiger partial charge in [-0.05, 0) is 24.9 Å². The quantitative estimate of drug-likeness (QED) is 0.665. The monoisotopic (exact) mass is 271 g/mol. The minimum atomic E-state index is -0.988. The van der Waals surface area contributed by atoms with Gasteiger partial charge in [-0.2, -0.15) is 0 Å². The van der Waals surface area contributed by atoms with E-state index in [1.165, 1.54) is 0 Å². The highest BCUT2D eigenvalue weighted by molar-refractivity contribution is 5.85. The molecular weight excluding hydrogens is 246 g/mol. The fourth-order valence-corrected chi connectivity index (χ4v) is 2.12. The smallest absolute Gasteiger partial charge is 0.326 e. The van der Waals surface area contributed by atoms with E-state index in [1.807, 2.05) is 20.8 Å². The second kappa shape index (κ2) is 6.86. The summed E-state index contributed by atoms with van der Waals surface area (Å²) in [6.07, 6.45) is 1.01. The van der Waals surface area contributed by atoms with Crippen molar-refractivity contribution in [3.63, 3.8) is 0 Å². The molecule has 1 atom stereocenters. The van der Waals surface area contributed by atoms with Crippen molar-refractivity contribution in [2.45, 2.75) is 33.2 Å². The van der Waals surface area contributed by atoms with E-state index >= 15 is 0 Å². The highest BCUT2D eigenvalue weighted by atomic mass is 16.4. The van der Waals surface area contributed by atoms with E-state index in [9.17, 15) is 14.7 Å². The molecule has 19 heavy (non-hydrogen) atoms. The Morgan fingerprint density at radius 2 is 2.00 bits per heavy atom. The Balaban J connectivity index is 2.50. The van der Waals surface area contributed by atoms with Crippen LogP contribution in [0.15, 0.2) is 0 Å². The molecule has 0 aliphatic carbocycles. The molecule has 3 N–H and O–H groups in total. The molecule has 0 saturated carbocycles. The SMILES string of the molecule is CC(C)(C)[C@H](NC(=O)CN1CCCNCC1)C(=O)O. The van der Waals surface area contributed by atoms with Gasteiger partial charge >= 0.3 is 5.97 Å². The molecule has 6 heteroatoms. The van der Waals surface area contributed by atoms with Crippen LogP contribution in [0.1, 0.15) is 27.2 Å². The number of carboxylic acid groups (broad SMARTS) is 1. The van der Waals surface area contributed by atoms with Crippen molar-refractivity contribution in [1.82, 2.24) is 15.5 Å². The first-order valence-electron chi connectivity index (χ1n) is 6.76. The first-order chi connectivity index (χ1) is 8.80. The average molecular weight is 271 g/mol. The number of aliphatic carboxylic acids is 1. The lowest BCUT2D eigenvalue weighted by Crippen LogP contribution is -2.51. The molecule has 0 radical (unpaired) electrons. The van der Waals surface area contributed by atoms with Crippen LogP contribution >= 0.6 is 0 Å². The van der Waals surface area contributed by atoms with Gasteiger partial charge in [-0.25, -0.2) is 4.79 Å². The molecule has 0 spiro atoms. The average Bonchev–Trinajstić information content (AvgIpc) is 2.52. The summed E-state index contributed by atoms with van der Waals surface area (Å²) in [6.45, 7) is 9.22. The third kappa shape index (κ3) is 5.57. The van der Waals surface area contributed by atoms with Crippen LogP contribution in [0.3, 0.4) is 0 Å². The molecule has 1 aliphatic rings. The fraction of sp³-hybridized carbons (Fsp3) is 0.846. The molecule has 1 amide bonds. The molecule has 1 fully saturated rings. The molecule has 0 unspecified atom stereocenters. The Morgan fingerprint density at radius 3 is 2.58 bits per heavy atom. The van der Waals surface area contributed by atoms with E-state index in [2.05, 4.69) is 15.5 Å². The number of hydrogen-bond acceptors (Lipinski definition) is 4. The molecular formula is C13H25N3O3. The van der Waals surface area contributed by atoms with E-state index in [4.69, 9.17) is 0 Å². The summed E-state index contributed by atoms with van der Waals surface area (Å²) in [6, 6.07) is -0.856. The van der Waals surface area contributed by atoms with Gasteiger partial charge in [-0.15, -0.1) is 0 Å². The van der Waals surface area contributed by atoms with Crippen molar-refractivity contribution >= 4 is 11.9 Å². The number of carboxylic acids is 1. The van der Waals surface area contributed by atoms with E-state index < -0.39 is 17.4 Å². The van der Waals surface area contributed by atoms with Crippen LogP contribution in [-0.4, -0.2) is 60.6 Å². The number of rotatable bonds is 4. The van der Waals surface area contributed by atoms with Crippen LogP contribution in [0.25, 0.3) is 0 Å². The van der Waals surface area contributed by atoms with Crippen LogP contribution in [-0.2, 0) is 9.59 Å². The van der Waals surface area contributed by atoms with Gasteiger partial charge in [-0.3, -0.25) is 9.69 Å².